The Hall–Kier alpha value is -0.870. The van der Waals surface area contributed by atoms with Gasteiger partial charge in [-0.25, -0.2) is 9.37 Å². The molecule has 1 aromatic rings. The van der Waals surface area contributed by atoms with E-state index in [1.807, 2.05) is 4.90 Å². The summed E-state index contributed by atoms with van der Waals surface area (Å²) in [7, 11) is 1.69. The highest BCUT2D eigenvalue weighted by molar-refractivity contribution is 6.17. The van der Waals surface area contributed by atoms with Crippen molar-refractivity contribution in [2.45, 2.75) is 12.3 Å². The lowest BCUT2D eigenvalue weighted by Gasteiger charge is -2.18. The van der Waals surface area contributed by atoms with Crippen molar-refractivity contribution < 1.29 is 9.13 Å². The quantitative estimate of drug-likeness (QED) is 0.776. The molecule has 0 saturated carbocycles. The third-order valence-corrected chi connectivity index (χ3v) is 3.37. The van der Waals surface area contributed by atoms with Crippen LogP contribution in [0.4, 0.5) is 10.2 Å². The highest BCUT2D eigenvalue weighted by Crippen LogP contribution is 2.26. The lowest BCUT2D eigenvalue weighted by Crippen LogP contribution is -2.23. The molecule has 1 fully saturated rings. The van der Waals surface area contributed by atoms with Crippen molar-refractivity contribution in [1.82, 2.24) is 4.98 Å². The van der Waals surface area contributed by atoms with E-state index in [1.54, 1.807) is 19.4 Å². The molecule has 0 aliphatic carbocycles. The minimum absolute atomic E-state index is 0.177. The number of aromatic nitrogens is 1. The van der Waals surface area contributed by atoms with Gasteiger partial charge in [0.2, 0.25) is 0 Å². The number of anilines is 1. The maximum absolute atomic E-state index is 14.0. The average Bonchev–Trinajstić information content (AvgIpc) is 2.78. The molecule has 1 saturated heterocycles. The van der Waals surface area contributed by atoms with Crippen molar-refractivity contribution in [3.63, 3.8) is 0 Å². The Morgan fingerprint density at radius 2 is 2.47 bits per heavy atom. The third-order valence-electron chi connectivity index (χ3n) is 3.08. The maximum atomic E-state index is 14.0. The molecule has 2 rings (SSSR count). The van der Waals surface area contributed by atoms with E-state index in [1.165, 1.54) is 0 Å². The summed E-state index contributed by atoms with van der Waals surface area (Å²) < 4.78 is 19.1. The fourth-order valence-electron chi connectivity index (χ4n) is 2.19. The van der Waals surface area contributed by atoms with Crippen LogP contribution in [0.5, 0.6) is 0 Å². The molecule has 1 aliphatic heterocycles. The molecule has 0 N–H and O–H groups in total. The average molecular weight is 259 g/mol. The first-order valence-electron chi connectivity index (χ1n) is 5.69. The molecule has 1 atom stereocenters. The zero-order valence-corrected chi connectivity index (χ0v) is 10.6. The van der Waals surface area contributed by atoms with Crippen molar-refractivity contribution in [3.8, 4) is 0 Å². The summed E-state index contributed by atoms with van der Waals surface area (Å²) in [6, 6.07) is 1.62. The zero-order chi connectivity index (χ0) is 12.3. The van der Waals surface area contributed by atoms with Crippen LogP contribution in [-0.2, 0) is 10.6 Å². The Bertz CT molecular complexity index is 389. The highest BCUT2D eigenvalue weighted by atomic mass is 35.5. The number of ether oxygens (including phenoxy) is 1. The van der Waals surface area contributed by atoms with Crippen molar-refractivity contribution in [1.29, 1.82) is 0 Å². The summed E-state index contributed by atoms with van der Waals surface area (Å²) >= 11 is 5.68. The second-order valence-corrected chi connectivity index (χ2v) is 4.56. The smallest absolute Gasteiger partial charge is 0.170 e. The van der Waals surface area contributed by atoms with E-state index in [-0.39, 0.29) is 11.7 Å². The van der Waals surface area contributed by atoms with Crippen LogP contribution in [0.1, 0.15) is 12.0 Å². The van der Waals surface area contributed by atoms with Gasteiger partial charge in [-0.1, -0.05) is 0 Å². The number of alkyl halides is 1. The second-order valence-electron chi connectivity index (χ2n) is 4.30. The number of hydrogen-bond donors (Lipinski definition) is 0. The van der Waals surface area contributed by atoms with Gasteiger partial charge >= 0.3 is 0 Å². The number of rotatable bonds is 4. The van der Waals surface area contributed by atoms with Gasteiger partial charge in [0.25, 0.3) is 0 Å². The molecule has 0 bridgehead atoms. The third kappa shape index (κ3) is 2.69. The molecule has 0 amide bonds. The molecule has 5 heteroatoms. The molecule has 1 aromatic heterocycles. The Balaban J connectivity index is 2.13. The summed E-state index contributed by atoms with van der Waals surface area (Å²) in [4.78, 5) is 6.08. The first-order valence-corrected chi connectivity index (χ1v) is 6.23. The topological polar surface area (TPSA) is 25.4 Å². The van der Waals surface area contributed by atoms with Gasteiger partial charge in [0.05, 0.1) is 12.5 Å². The lowest BCUT2D eigenvalue weighted by molar-refractivity contribution is 0.161. The number of hydrogen-bond acceptors (Lipinski definition) is 3. The first-order chi connectivity index (χ1) is 8.26. The summed E-state index contributed by atoms with van der Waals surface area (Å²) in [6.45, 7) is 2.33. The van der Waals surface area contributed by atoms with E-state index < -0.39 is 0 Å². The van der Waals surface area contributed by atoms with Crippen LogP contribution in [0.2, 0.25) is 0 Å². The fourth-order valence-corrected chi connectivity index (χ4v) is 2.40. The van der Waals surface area contributed by atoms with Crippen molar-refractivity contribution in [3.05, 3.63) is 23.6 Å². The predicted molar refractivity (Wildman–Crippen MR) is 65.9 cm³/mol. The van der Waals surface area contributed by atoms with Gasteiger partial charge in [0.15, 0.2) is 11.6 Å². The van der Waals surface area contributed by atoms with Crippen LogP contribution in [0.3, 0.4) is 0 Å². The number of methoxy groups -OCH3 is 1. The summed E-state index contributed by atoms with van der Waals surface area (Å²) in [5, 5.41) is 0. The van der Waals surface area contributed by atoms with Gasteiger partial charge < -0.3 is 9.64 Å². The van der Waals surface area contributed by atoms with Crippen molar-refractivity contribution >= 4 is 17.4 Å². The van der Waals surface area contributed by atoms with E-state index in [9.17, 15) is 4.39 Å². The first kappa shape index (κ1) is 12.6. The molecule has 0 aromatic carbocycles. The molecular formula is C12H16ClFN2O. The maximum Gasteiger partial charge on any atom is 0.170 e. The number of nitrogens with zero attached hydrogens (tertiary/aromatic N) is 2. The van der Waals surface area contributed by atoms with Crippen LogP contribution < -0.4 is 4.90 Å². The molecule has 17 heavy (non-hydrogen) atoms. The Labute approximate surface area is 106 Å². The summed E-state index contributed by atoms with van der Waals surface area (Å²) in [5.74, 6) is 0.764. The molecule has 94 valence electrons. The number of pyridine rings is 1. The summed E-state index contributed by atoms with van der Waals surface area (Å²) in [5.41, 5.74) is 0.506. The molecule has 3 nitrogen and oxygen atoms in total. The molecule has 0 radical (unpaired) electrons. The molecule has 0 spiro atoms. The van der Waals surface area contributed by atoms with Crippen molar-refractivity contribution in [2.24, 2.45) is 5.92 Å². The highest BCUT2D eigenvalue weighted by Gasteiger charge is 2.25. The van der Waals surface area contributed by atoms with E-state index >= 15 is 0 Å². The number of halogens is 2. The van der Waals surface area contributed by atoms with Gasteiger partial charge in [-0.2, -0.15) is 0 Å². The molecule has 1 aliphatic rings. The van der Waals surface area contributed by atoms with Crippen LogP contribution in [0, 0.1) is 11.7 Å². The second kappa shape index (κ2) is 5.65. The van der Waals surface area contributed by atoms with Crippen LogP contribution >= 0.6 is 11.6 Å². The molecular weight excluding hydrogens is 243 g/mol. The SMILES string of the molecule is COCC1CCN(c2nccc(CCl)c2F)C1. The monoisotopic (exact) mass is 258 g/mol. The molecule has 2 heterocycles. The minimum atomic E-state index is -0.291. The van der Waals surface area contributed by atoms with E-state index in [4.69, 9.17) is 16.3 Å². The largest absolute Gasteiger partial charge is 0.384 e. The van der Waals surface area contributed by atoms with Gasteiger partial charge in [-0.3, -0.25) is 0 Å². The Morgan fingerprint density at radius 3 is 3.18 bits per heavy atom. The lowest BCUT2D eigenvalue weighted by atomic mass is 10.1. The minimum Gasteiger partial charge on any atom is -0.384 e. The van der Waals surface area contributed by atoms with E-state index in [0.717, 1.165) is 19.5 Å². The Kier molecular flexibility index (Phi) is 4.18. The summed E-state index contributed by atoms with van der Waals surface area (Å²) in [6.07, 6.45) is 2.62. The Morgan fingerprint density at radius 1 is 1.65 bits per heavy atom. The van der Waals surface area contributed by atoms with Crippen LogP contribution in [0.25, 0.3) is 0 Å². The van der Waals surface area contributed by atoms with Crippen molar-refractivity contribution in [2.75, 3.05) is 31.7 Å². The van der Waals surface area contributed by atoms with E-state index in [2.05, 4.69) is 4.98 Å². The van der Waals surface area contributed by atoms with E-state index in [0.29, 0.717) is 23.9 Å². The van der Waals surface area contributed by atoms with Gasteiger partial charge in [-0.15, -0.1) is 11.6 Å². The zero-order valence-electron chi connectivity index (χ0n) is 9.83. The fraction of sp³-hybridized carbons (Fsp3) is 0.583. The molecule has 1 unspecified atom stereocenters. The van der Waals surface area contributed by atoms with Gasteiger partial charge in [-0.05, 0) is 12.5 Å². The standard InChI is InChI=1S/C12H16ClFN2O/c1-17-8-9-3-5-16(7-9)12-11(14)10(6-13)2-4-15-12/h2,4,9H,3,5-8H2,1H3. The van der Waals surface area contributed by atoms with Crippen LogP contribution in [-0.4, -0.2) is 31.8 Å². The predicted octanol–water partition coefficient (Wildman–Crippen LogP) is 2.43. The van der Waals surface area contributed by atoms with Gasteiger partial charge in [0, 0.05) is 37.9 Å². The normalized spacial score (nSPS) is 19.9. The van der Waals surface area contributed by atoms with Gasteiger partial charge in [0.1, 0.15) is 0 Å². The van der Waals surface area contributed by atoms with Crippen LogP contribution in [0.15, 0.2) is 12.3 Å².